The summed E-state index contributed by atoms with van der Waals surface area (Å²) in [5.41, 5.74) is 18.4. The van der Waals surface area contributed by atoms with Crippen molar-refractivity contribution in [1.82, 2.24) is 0 Å². The van der Waals surface area contributed by atoms with E-state index in [0.29, 0.717) is 0 Å². The molecule has 0 saturated heterocycles. The van der Waals surface area contributed by atoms with Crippen LogP contribution in [-0.4, -0.2) is 6.54 Å². The van der Waals surface area contributed by atoms with Gasteiger partial charge in [-0.1, -0.05) is 80.4 Å². The molecule has 0 unspecified atom stereocenters. The van der Waals surface area contributed by atoms with Gasteiger partial charge in [-0.2, -0.15) is 0 Å². The monoisotopic (exact) mass is 285 g/mol. The summed E-state index contributed by atoms with van der Waals surface area (Å²) in [6, 6.07) is 19.4. The van der Waals surface area contributed by atoms with E-state index in [0.717, 1.165) is 17.7 Å². The molecule has 21 heavy (non-hydrogen) atoms. The molecule has 0 fully saturated rings. The zero-order chi connectivity index (χ0) is 15.6. The third-order valence-electron chi connectivity index (χ3n) is 3.31. The van der Waals surface area contributed by atoms with Crippen LogP contribution < -0.4 is 17.2 Å². The molecule has 0 aliphatic carbocycles. The third-order valence-corrected chi connectivity index (χ3v) is 3.31. The minimum absolute atomic E-state index is 0.855. The Morgan fingerprint density at radius 2 is 1.19 bits per heavy atom. The zero-order valence-corrected chi connectivity index (χ0v) is 12.8. The van der Waals surface area contributed by atoms with Gasteiger partial charge in [0, 0.05) is 0 Å². The van der Waals surface area contributed by atoms with Gasteiger partial charge in [0.15, 0.2) is 0 Å². The van der Waals surface area contributed by atoms with Gasteiger partial charge in [0.25, 0.3) is 0 Å². The van der Waals surface area contributed by atoms with Crippen LogP contribution in [0.15, 0.2) is 60.7 Å². The molecule has 3 nitrogen and oxygen atoms in total. The van der Waals surface area contributed by atoms with Crippen LogP contribution in [0.25, 0.3) is 0 Å². The van der Waals surface area contributed by atoms with Crippen LogP contribution in [0.3, 0.4) is 0 Å². The van der Waals surface area contributed by atoms with Crippen LogP contribution in [0.5, 0.6) is 0 Å². The molecule has 2 aromatic carbocycles. The summed E-state index contributed by atoms with van der Waals surface area (Å²) in [6.45, 7) is 3.03. The lowest BCUT2D eigenvalue weighted by atomic mass is 9.93. The van der Waals surface area contributed by atoms with E-state index in [2.05, 4.69) is 6.92 Å². The van der Waals surface area contributed by atoms with Crippen LogP contribution in [-0.2, 0) is 5.66 Å². The number of rotatable bonds is 5. The average Bonchev–Trinajstić information content (AvgIpc) is 2.55. The normalized spacial score (nSPS) is 10.7. The van der Waals surface area contributed by atoms with E-state index < -0.39 is 5.66 Å². The van der Waals surface area contributed by atoms with Crippen molar-refractivity contribution in [3.8, 4) is 0 Å². The molecule has 0 bridgehead atoms. The molecule has 0 heterocycles. The Labute approximate surface area is 128 Å². The molecule has 0 aliphatic rings. The number of nitrogens with two attached hydrogens (primary N) is 3. The highest BCUT2D eigenvalue weighted by Gasteiger charge is 2.23. The summed E-state index contributed by atoms with van der Waals surface area (Å²) in [7, 11) is 0. The molecule has 0 spiro atoms. The molecular formula is C18H27N3. The standard InChI is InChI=1S/C13H14N2.C5H13N/c14-13(15,11-7-3-1-4-8-11)12-9-5-2-6-10-12;1-2-3-4-5-6/h1-10H,14-15H2;2-6H2,1H3. The minimum atomic E-state index is -0.914. The van der Waals surface area contributed by atoms with Crippen molar-refractivity contribution in [3.63, 3.8) is 0 Å². The molecule has 0 radical (unpaired) electrons. The molecule has 0 atom stereocenters. The van der Waals surface area contributed by atoms with E-state index in [4.69, 9.17) is 17.2 Å². The molecule has 0 saturated carbocycles. The van der Waals surface area contributed by atoms with Gasteiger partial charge in [-0.05, 0) is 24.1 Å². The first-order chi connectivity index (χ1) is 10.1. The van der Waals surface area contributed by atoms with Crippen molar-refractivity contribution in [2.24, 2.45) is 17.2 Å². The van der Waals surface area contributed by atoms with Gasteiger partial charge >= 0.3 is 0 Å². The second-order valence-electron chi connectivity index (χ2n) is 5.10. The van der Waals surface area contributed by atoms with Gasteiger partial charge in [-0.15, -0.1) is 0 Å². The molecule has 3 heteroatoms. The van der Waals surface area contributed by atoms with Crippen molar-refractivity contribution in [1.29, 1.82) is 0 Å². The Morgan fingerprint density at radius 3 is 1.48 bits per heavy atom. The SMILES string of the molecule is CCCCCN.NC(N)(c1ccccc1)c1ccccc1. The Kier molecular flexibility index (Phi) is 7.69. The van der Waals surface area contributed by atoms with E-state index in [-0.39, 0.29) is 0 Å². The van der Waals surface area contributed by atoms with Crippen LogP contribution >= 0.6 is 0 Å². The Balaban J connectivity index is 0.000000315. The van der Waals surface area contributed by atoms with Gasteiger partial charge < -0.3 is 17.2 Å². The highest BCUT2D eigenvalue weighted by atomic mass is 15.0. The molecule has 2 rings (SSSR count). The van der Waals surface area contributed by atoms with Crippen molar-refractivity contribution in [2.75, 3.05) is 6.54 Å². The Bertz CT molecular complexity index is 435. The fourth-order valence-electron chi connectivity index (χ4n) is 1.99. The molecular weight excluding hydrogens is 258 g/mol. The first-order valence-electron chi connectivity index (χ1n) is 7.51. The van der Waals surface area contributed by atoms with Crippen molar-refractivity contribution in [2.45, 2.75) is 31.8 Å². The second kappa shape index (κ2) is 9.29. The van der Waals surface area contributed by atoms with Crippen molar-refractivity contribution >= 4 is 0 Å². The lowest BCUT2D eigenvalue weighted by molar-refractivity contribution is 0.567. The van der Waals surface area contributed by atoms with E-state index in [9.17, 15) is 0 Å². The minimum Gasteiger partial charge on any atom is -0.330 e. The van der Waals surface area contributed by atoms with Gasteiger partial charge in [0.05, 0.1) is 0 Å². The van der Waals surface area contributed by atoms with Gasteiger partial charge in [-0.3, -0.25) is 0 Å². The second-order valence-corrected chi connectivity index (χ2v) is 5.10. The van der Waals surface area contributed by atoms with Crippen LogP contribution in [0.2, 0.25) is 0 Å². The zero-order valence-electron chi connectivity index (χ0n) is 12.8. The number of hydrogen-bond donors (Lipinski definition) is 3. The molecule has 0 aromatic heterocycles. The lowest BCUT2D eigenvalue weighted by Crippen LogP contribution is -2.46. The predicted molar refractivity (Wildman–Crippen MR) is 90.6 cm³/mol. The Morgan fingerprint density at radius 1 is 0.762 bits per heavy atom. The molecule has 114 valence electrons. The molecule has 6 N–H and O–H groups in total. The van der Waals surface area contributed by atoms with Gasteiger partial charge in [0.1, 0.15) is 5.66 Å². The molecule has 0 amide bonds. The average molecular weight is 285 g/mol. The van der Waals surface area contributed by atoms with E-state index >= 15 is 0 Å². The number of hydrogen-bond acceptors (Lipinski definition) is 3. The van der Waals surface area contributed by atoms with E-state index in [1.54, 1.807) is 0 Å². The molecule has 0 aliphatic heterocycles. The summed E-state index contributed by atoms with van der Waals surface area (Å²) >= 11 is 0. The number of benzene rings is 2. The number of unbranched alkanes of at least 4 members (excludes halogenated alkanes) is 2. The first kappa shape index (κ1) is 17.4. The quantitative estimate of drug-likeness (QED) is 0.584. The van der Waals surface area contributed by atoms with Crippen LogP contribution in [0, 0.1) is 0 Å². The predicted octanol–water partition coefficient (Wildman–Crippen LogP) is 2.94. The maximum Gasteiger partial charge on any atom is 0.116 e. The van der Waals surface area contributed by atoms with Crippen molar-refractivity contribution < 1.29 is 0 Å². The largest absolute Gasteiger partial charge is 0.330 e. The van der Waals surface area contributed by atoms with E-state index in [1.165, 1.54) is 19.3 Å². The fourth-order valence-corrected chi connectivity index (χ4v) is 1.99. The van der Waals surface area contributed by atoms with Gasteiger partial charge in [0.2, 0.25) is 0 Å². The maximum atomic E-state index is 6.14. The topological polar surface area (TPSA) is 78.1 Å². The van der Waals surface area contributed by atoms with E-state index in [1.807, 2.05) is 60.7 Å². The summed E-state index contributed by atoms with van der Waals surface area (Å²) in [5, 5.41) is 0. The summed E-state index contributed by atoms with van der Waals surface area (Å²) < 4.78 is 0. The Hall–Kier alpha value is -1.68. The van der Waals surface area contributed by atoms with Crippen LogP contribution in [0.4, 0.5) is 0 Å². The summed E-state index contributed by atoms with van der Waals surface area (Å²) in [4.78, 5) is 0. The van der Waals surface area contributed by atoms with Crippen molar-refractivity contribution in [3.05, 3.63) is 71.8 Å². The highest BCUT2D eigenvalue weighted by molar-refractivity contribution is 5.35. The van der Waals surface area contributed by atoms with Crippen LogP contribution in [0.1, 0.15) is 37.3 Å². The first-order valence-corrected chi connectivity index (χ1v) is 7.51. The van der Waals surface area contributed by atoms with Gasteiger partial charge in [-0.25, -0.2) is 0 Å². The third kappa shape index (κ3) is 5.68. The summed E-state index contributed by atoms with van der Waals surface area (Å²) in [6.07, 6.45) is 3.75. The maximum absolute atomic E-state index is 6.14. The molecule has 2 aromatic rings. The smallest absolute Gasteiger partial charge is 0.116 e. The fraction of sp³-hybridized carbons (Fsp3) is 0.333. The summed E-state index contributed by atoms with van der Waals surface area (Å²) in [5.74, 6) is 0. The highest BCUT2D eigenvalue weighted by Crippen LogP contribution is 2.20. The lowest BCUT2D eigenvalue weighted by Gasteiger charge is -2.25.